The summed E-state index contributed by atoms with van der Waals surface area (Å²) in [5, 5.41) is 14.2. The van der Waals surface area contributed by atoms with Crippen molar-refractivity contribution in [3.8, 4) is 0 Å². The van der Waals surface area contributed by atoms with E-state index in [0.29, 0.717) is 0 Å². The normalized spacial score (nSPS) is 11.4. The largest absolute Gasteiger partial charge is 0.383 e. The van der Waals surface area contributed by atoms with Crippen LogP contribution in [0.2, 0.25) is 0 Å². The van der Waals surface area contributed by atoms with Crippen molar-refractivity contribution >= 4 is 23.1 Å². The van der Waals surface area contributed by atoms with Crippen LogP contribution < -0.4 is 5.32 Å². The Kier molecular flexibility index (Phi) is 5.66. The van der Waals surface area contributed by atoms with Gasteiger partial charge in [-0.25, -0.2) is 0 Å². The Morgan fingerprint density at radius 3 is 2.47 bits per heavy atom. The number of benzene rings is 1. The minimum atomic E-state index is -0.355. The van der Waals surface area contributed by atoms with E-state index in [1.807, 2.05) is 18.7 Å². The van der Waals surface area contributed by atoms with Crippen molar-refractivity contribution in [2.75, 3.05) is 18.1 Å². The van der Waals surface area contributed by atoms with Crippen molar-refractivity contribution in [2.24, 2.45) is 0 Å². The minimum absolute atomic E-state index is 0.135. The van der Waals surface area contributed by atoms with E-state index < -0.39 is 0 Å². The summed E-state index contributed by atoms with van der Waals surface area (Å²) in [5.41, 5.74) is 2.03. The van der Waals surface area contributed by atoms with Crippen molar-refractivity contribution in [1.29, 1.82) is 0 Å². The van der Waals surface area contributed by atoms with Crippen LogP contribution in [0, 0.1) is 17.0 Å². The van der Waals surface area contributed by atoms with Crippen LogP contribution in [-0.4, -0.2) is 22.5 Å². The molecule has 0 radical (unpaired) electrons. The third kappa shape index (κ3) is 3.86. The van der Waals surface area contributed by atoms with Gasteiger partial charge in [0.05, 0.1) is 4.92 Å². The van der Waals surface area contributed by atoms with Gasteiger partial charge in [-0.05, 0) is 31.6 Å². The van der Waals surface area contributed by atoms with Crippen LogP contribution in [0.1, 0.15) is 32.3 Å². The molecule has 0 saturated carbocycles. The standard InChI is InChI=1S/C14H22N2O2S/c1-5-14(6-2,19-4)10-15-13-9-12(16(17)18)8-7-11(13)3/h7-9,15H,5-6,10H2,1-4H3. The molecule has 1 aromatic carbocycles. The first kappa shape index (κ1) is 15.8. The van der Waals surface area contributed by atoms with E-state index in [9.17, 15) is 10.1 Å². The summed E-state index contributed by atoms with van der Waals surface area (Å²) >= 11 is 1.86. The van der Waals surface area contributed by atoms with Crippen LogP contribution in [0.3, 0.4) is 0 Å². The van der Waals surface area contributed by atoms with Gasteiger partial charge in [0.15, 0.2) is 0 Å². The summed E-state index contributed by atoms with van der Waals surface area (Å²) in [4.78, 5) is 10.5. The first-order valence-corrected chi connectivity index (χ1v) is 7.74. The Bertz CT molecular complexity index is 437. The van der Waals surface area contributed by atoms with Gasteiger partial charge in [-0.15, -0.1) is 0 Å². The number of rotatable bonds is 7. The number of nitrogens with zero attached hydrogens (tertiary/aromatic N) is 1. The zero-order valence-electron chi connectivity index (χ0n) is 12.0. The maximum atomic E-state index is 10.8. The molecule has 5 heteroatoms. The van der Waals surface area contributed by atoms with Crippen LogP contribution in [0.25, 0.3) is 0 Å². The van der Waals surface area contributed by atoms with E-state index in [1.165, 1.54) is 0 Å². The lowest BCUT2D eigenvalue weighted by Crippen LogP contribution is -2.32. The number of non-ortho nitro benzene ring substituents is 1. The van der Waals surface area contributed by atoms with E-state index >= 15 is 0 Å². The van der Waals surface area contributed by atoms with Gasteiger partial charge in [-0.3, -0.25) is 10.1 Å². The topological polar surface area (TPSA) is 55.2 Å². The molecule has 1 N–H and O–H groups in total. The number of thioether (sulfide) groups is 1. The summed E-state index contributed by atoms with van der Waals surface area (Å²) in [6, 6.07) is 4.95. The van der Waals surface area contributed by atoms with Crippen molar-refractivity contribution in [1.82, 2.24) is 0 Å². The zero-order valence-corrected chi connectivity index (χ0v) is 12.8. The summed E-state index contributed by atoms with van der Waals surface area (Å²) in [6.45, 7) is 7.15. The molecule has 0 bridgehead atoms. The second-order valence-corrected chi connectivity index (χ2v) is 5.98. The molecule has 0 atom stereocenters. The maximum absolute atomic E-state index is 10.8. The number of nitrogens with one attached hydrogen (secondary N) is 1. The zero-order chi connectivity index (χ0) is 14.5. The first-order valence-electron chi connectivity index (χ1n) is 6.52. The van der Waals surface area contributed by atoms with Gasteiger partial charge in [0.2, 0.25) is 0 Å². The predicted octanol–water partition coefficient (Wildman–Crippen LogP) is 4.24. The van der Waals surface area contributed by atoms with E-state index in [0.717, 1.165) is 30.6 Å². The second kappa shape index (κ2) is 6.80. The van der Waals surface area contributed by atoms with Crippen molar-refractivity contribution in [3.63, 3.8) is 0 Å². The fourth-order valence-corrected chi connectivity index (χ4v) is 2.83. The number of hydrogen-bond donors (Lipinski definition) is 1. The molecular formula is C14H22N2O2S. The molecular weight excluding hydrogens is 260 g/mol. The molecule has 106 valence electrons. The van der Waals surface area contributed by atoms with Crippen molar-refractivity contribution < 1.29 is 4.92 Å². The number of nitro groups is 1. The van der Waals surface area contributed by atoms with Crippen LogP contribution in [0.4, 0.5) is 11.4 Å². The summed E-state index contributed by atoms with van der Waals surface area (Å²) in [5.74, 6) is 0. The van der Waals surface area contributed by atoms with E-state index in [2.05, 4.69) is 25.4 Å². The van der Waals surface area contributed by atoms with Gasteiger partial charge in [-0.1, -0.05) is 19.9 Å². The summed E-state index contributed by atoms with van der Waals surface area (Å²) in [7, 11) is 0. The average molecular weight is 282 g/mol. The van der Waals surface area contributed by atoms with Crippen molar-refractivity contribution in [3.05, 3.63) is 33.9 Å². The minimum Gasteiger partial charge on any atom is -0.383 e. The molecule has 0 unspecified atom stereocenters. The lowest BCUT2D eigenvalue weighted by atomic mass is 10.0. The third-order valence-corrected chi connectivity index (χ3v) is 5.34. The highest BCUT2D eigenvalue weighted by Crippen LogP contribution is 2.31. The Balaban J connectivity index is 2.87. The molecule has 0 aliphatic rings. The molecule has 1 aromatic rings. The average Bonchev–Trinajstić information content (AvgIpc) is 2.42. The number of nitro benzene ring substituents is 1. The molecule has 0 amide bonds. The van der Waals surface area contributed by atoms with Crippen LogP contribution in [0.5, 0.6) is 0 Å². The second-order valence-electron chi connectivity index (χ2n) is 4.70. The highest BCUT2D eigenvalue weighted by molar-refractivity contribution is 8.00. The fourth-order valence-electron chi connectivity index (χ4n) is 2.03. The molecule has 0 aromatic heterocycles. The monoisotopic (exact) mass is 282 g/mol. The first-order chi connectivity index (χ1) is 8.98. The molecule has 0 aliphatic heterocycles. The quantitative estimate of drug-likeness (QED) is 0.600. The lowest BCUT2D eigenvalue weighted by molar-refractivity contribution is -0.384. The number of anilines is 1. The molecule has 0 heterocycles. The number of aryl methyl sites for hydroxylation is 1. The Morgan fingerprint density at radius 2 is 2.00 bits per heavy atom. The van der Waals surface area contributed by atoms with E-state index in [4.69, 9.17) is 0 Å². The number of hydrogen-bond acceptors (Lipinski definition) is 4. The smallest absolute Gasteiger partial charge is 0.271 e. The van der Waals surface area contributed by atoms with Gasteiger partial charge in [0.25, 0.3) is 5.69 Å². The summed E-state index contributed by atoms with van der Waals surface area (Å²) < 4.78 is 0.192. The molecule has 0 saturated heterocycles. The third-order valence-electron chi connectivity index (χ3n) is 3.75. The highest BCUT2D eigenvalue weighted by Gasteiger charge is 2.24. The predicted molar refractivity (Wildman–Crippen MR) is 83.2 cm³/mol. The maximum Gasteiger partial charge on any atom is 0.271 e. The van der Waals surface area contributed by atoms with E-state index in [-0.39, 0.29) is 15.4 Å². The van der Waals surface area contributed by atoms with Crippen LogP contribution in [0.15, 0.2) is 18.2 Å². The van der Waals surface area contributed by atoms with Crippen molar-refractivity contribution in [2.45, 2.75) is 38.4 Å². The van der Waals surface area contributed by atoms with E-state index in [1.54, 1.807) is 18.2 Å². The molecule has 4 nitrogen and oxygen atoms in total. The van der Waals surface area contributed by atoms with Gasteiger partial charge in [-0.2, -0.15) is 11.8 Å². The van der Waals surface area contributed by atoms with Crippen LogP contribution >= 0.6 is 11.8 Å². The molecule has 1 rings (SSSR count). The molecule has 0 spiro atoms. The molecule has 0 fully saturated rings. The Hall–Kier alpha value is -1.23. The Morgan fingerprint density at radius 1 is 1.37 bits per heavy atom. The van der Waals surface area contributed by atoms with Gasteiger partial charge >= 0.3 is 0 Å². The Labute approximate surface area is 119 Å². The van der Waals surface area contributed by atoms with Crippen LogP contribution in [-0.2, 0) is 0 Å². The van der Waals surface area contributed by atoms with Gasteiger partial charge in [0.1, 0.15) is 0 Å². The molecule has 19 heavy (non-hydrogen) atoms. The molecule has 0 aliphatic carbocycles. The van der Waals surface area contributed by atoms with Gasteiger partial charge in [0, 0.05) is 29.1 Å². The van der Waals surface area contributed by atoms with Gasteiger partial charge < -0.3 is 5.32 Å². The lowest BCUT2D eigenvalue weighted by Gasteiger charge is -2.30. The fraction of sp³-hybridized carbons (Fsp3) is 0.571. The summed E-state index contributed by atoms with van der Waals surface area (Å²) in [6.07, 6.45) is 4.27. The highest BCUT2D eigenvalue weighted by atomic mass is 32.2. The SMILES string of the molecule is CCC(CC)(CNc1cc([N+](=O)[O-])ccc1C)SC.